The topological polar surface area (TPSA) is 63.6 Å². The Morgan fingerprint density at radius 1 is 1.12 bits per heavy atom. The maximum absolute atomic E-state index is 10.9. The third-order valence-corrected chi connectivity index (χ3v) is 2.88. The van der Waals surface area contributed by atoms with Crippen molar-refractivity contribution in [3.05, 3.63) is 36.4 Å². The van der Waals surface area contributed by atoms with Crippen LogP contribution in [0.15, 0.2) is 46.3 Å². The van der Waals surface area contributed by atoms with E-state index in [1.54, 1.807) is 30.3 Å². The zero-order chi connectivity index (χ0) is 11.5. The Balaban J connectivity index is 2.88. The molecule has 0 saturated carbocycles. The fraction of sp³-hybridized carbons (Fsp3) is 0. The van der Waals surface area contributed by atoms with Crippen molar-refractivity contribution in [2.75, 3.05) is 0 Å². The van der Waals surface area contributed by atoms with Crippen LogP contribution >= 0.6 is 0 Å². The monoisotopic (exact) mass is 233 g/mol. The van der Waals surface area contributed by atoms with Gasteiger partial charge in [-0.3, -0.25) is 0 Å². The number of benzene rings is 2. The Hall–Kier alpha value is -1.97. The first kappa shape index (κ1) is 10.5. The second-order valence-electron chi connectivity index (χ2n) is 3.15. The Morgan fingerprint density at radius 2 is 1.88 bits per heavy atom. The third-order valence-electron chi connectivity index (χ3n) is 2.20. The number of rotatable bonds is 2. The van der Waals surface area contributed by atoms with Crippen LogP contribution in [0.2, 0.25) is 0 Å². The molecule has 0 radical (unpaired) electrons. The average molecular weight is 233 g/mol. The van der Waals surface area contributed by atoms with Crippen LogP contribution in [-0.2, 0) is 15.5 Å². The zero-order valence-corrected chi connectivity index (χ0v) is 8.98. The second-order valence-corrected chi connectivity index (χ2v) is 4.18. The minimum Gasteiger partial charge on any atom is -0.227 e. The van der Waals surface area contributed by atoms with Gasteiger partial charge in [0.15, 0.2) is 10.7 Å². The molecule has 0 spiro atoms. The summed E-state index contributed by atoms with van der Waals surface area (Å²) >= 11 is 0. The Labute approximate surface area is 93.2 Å². The highest BCUT2D eigenvalue weighted by molar-refractivity contribution is 7.72. The fourth-order valence-corrected chi connectivity index (χ4v) is 1.99. The maximum atomic E-state index is 10.9. The molecule has 0 unspecified atom stereocenters. The lowest BCUT2D eigenvalue weighted by atomic mass is 10.1. The first-order valence-corrected chi connectivity index (χ1v) is 5.65. The van der Waals surface area contributed by atoms with E-state index in [-0.39, 0.29) is 4.90 Å². The predicted octanol–water partition coefficient (Wildman–Crippen LogP) is 1.78. The van der Waals surface area contributed by atoms with E-state index in [9.17, 15) is 13.2 Å². The molecule has 0 aliphatic heterocycles. The van der Waals surface area contributed by atoms with Gasteiger partial charge in [0.1, 0.15) is 0 Å². The molecule has 0 fully saturated rings. The summed E-state index contributed by atoms with van der Waals surface area (Å²) in [5.74, 6) is 0. The molecule has 16 heavy (non-hydrogen) atoms. The van der Waals surface area contributed by atoms with E-state index in [4.69, 9.17) is 0 Å². The van der Waals surface area contributed by atoms with Gasteiger partial charge in [0, 0.05) is 5.39 Å². The molecule has 0 aliphatic carbocycles. The van der Waals surface area contributed by atoms with E-state index in [0.717, 1.165) is 10.8 Å². The molecule has 4 nitrogen and oxygen atoms in total. The van der Waals surface area contributed by atoms with Gasteiger partial charge in [-0.25, -0.2) is 13.2 Å². The summed E-state index contributed by atoms with van der Waals surface area (Å²) in [5.41, 5.74) is 0.322. The molecule has 0 saturated heterocycles. The van der Waals surface area contributed by atoms with Crippen molar-refractivity contribution < 1.29 is 13.2 Å². The molecule has 2 rings (SSSR count). The van der Waals surface area contributed by atoms with Gasteiger partial charge in [-0.15, -0.1) is 0 Å². The van der Waals surface area contributed by atoms with Crippen molar-refractivity contribution in [1.82, 2.24) is 0 Å². The molecule has 2 aromatic rings. The minimum absolute atomic E-state index is 0.141. The molecular formula is C11H7NO3S. The van der Waals surface area contributed by atoms with Gasteiger partial charge in [-0.2, -0.15) is 4.99 Å². The first-order valence-electron chi connectivity index (χ1n) is 4.47. The molecule has 0 aromatic heterocycles. The van der Waals surface area contributed by atoms with Crippen molar-refractivity contribution in [3.63, 3.8) is 0 Å². The van der Waals surface area contributed by atoms with Gasteiger partial charge >= 0.3 is 0 Å². The van der Waals surface area contributed by atoms with Gasteiger partial charge in [-0.05, 0) is 17.5 Å². The van der Waals surface area contributed by atoms with E-state index in [2.05, 4.69) is 4.99 Å². The number of aliphatic imine (C=N–C) groups is 1. The summed E-state index contributed by atoms with van der Waals surface area (Å²) in [4.78, 5) is 13.9. The minimum atomic E-state index is -2.69. The Bertz CT molecular complexity index is 662. The average Bonchev–Trinajstić information content (AvgIpc) is 2.29. The SMILES string of the molecule is O=C=Nc1cc([SH](=O)=O)cc2ccccc12. The van der Waals surface area contributed by atoms with Crippen LogP contribution in [-0.4, -0.2) is 14.5 Å². The van der Waals surface area contributed by atoms with E-state index in [1.807, 2.05) is 0 Å². The van der Waals surface area contributed by atoms with Crippen molar-refractivity contribution in [1.29, 1.82) is 0 Å². The first-order chi connectivity index (χ1) is 7.72. The highest BCUT2D eigenvalue weighted by Crippen LogP contribution is 2.27. The lowest BCUT2D eigenvalue weighted by Gasteiger charge is -2.01. The Kier molecular flexibility index (Phi) is 2.81. The normalized spacial score (nSPS) is 10.3. The van der Waals surface area contributed by atoms with Gasteiger partial charge < -0.3 is 0 Å². The molecule has 80 valence electrons. The van der Waals surface area contributed by atoms with Crippen LogP contribution < -0.4 is 0 Å². The number of nitrogens with zero attached hydrogens (tertiary/aromatic N) is 1. The number of hydrogen-bond donors (Lipinski definition) is 1. The molecular weight excluding hydrogens is 226 g/mol. The molecule has 5 heteroatoms. The molecule has 0 amide bonds. The van der Waals surface area contributed by atoms with Crippen molar-refractivity contribution in [2.45, 2.75) is 4.90 Å². The van der Waals surface area contributed by atoms with E-state index in [0.29, 0.717) is 5.69 Å². The van der Waals surface area contributed by atoms with Crippen LogP contribution in [0, 0.1) is 0 Å². The summed E-state index contributed by atoms with van der Waals surface area (Å²) < 4.78 is 21.8. The zero-order valence-electron chi connectivity index (χ0n) is 8.08. The lowest BCUT2D eigenvalue weighted by Crippen LogP contribution is -1.82. The van der Waals surface area contributed by atoms with Crippen molar-refractivity contribution >= 4 is 33.2 Å². The molecule has 0 bridgehead atoms. The summed E-state index contributed by atoms with van der Waals surface area (Å²) in [6.07, 6.45) is 1.42. The molecule has 0 N–H and O–H groups in total. The van der Waals surface area contributed by atoms with Crippen LogP contribution in [0.3, 0.4) is 0 Å². The number of hydrogen-bond acceptors (Lipinski definition) is 4. The van der Waals surface area contributed by atoms with E-state index >= 15 is 0 Å². The van der Waals surface area contributed by atoms with Gasteiger partial charge in [0.2, 0.25) is 6.08 Å². The number of carbonyl (C=O) groups excluding carboxylic acids is 1. The smallest absolute Gasteiger partial charge is 0.227 e. The molecule has 0 aliphatic rings. The number of thiol groups is 1. The van der Waals surface area contributed by atoms with Crippen LogP contribution in [0.5, 0.6) is 0 Å². The molecule has 0 atom stereocenters. The molecule has 2 aromatic carbocycles. The number of fused-ring (bicyclic) bond motifs is 1. The highest BCUT2D eigenvalue weighted by atomic mass is 32.2. The molecule has 0 heterocycles. The predicted molar refractivity (Wildman–Crippen MR) is 60.3 cm³/mol. The largest absolute Gasteiger partial charge is 0.240 e. The maximum Gasteiger partial charge on any atom is 0.240 e. The van der Waals surface area contributed by atoms with Gasteiger partial charge in [0.05, 0.1) is 10.6 Å². The van der Waals surface area contributed by atoms with Gasteiger partial charge in [-0.1, -0.05) is 24.3 Å². The second kappa shape index (κ2) is 4.26. The lowest BCUT2D eigenvalue weighted by molar-refractivity contribution is 0.565. The van der Waals surface area contributed by atoms with Crippen molar-refractivity contribution in [3.8, 4) is 0 Å². The summed E-state index contributed by atoms with van der Waals surface area (Å²) in [6.45, 7) is 0. The van der Waals surface area contributed by atoms with E-state index in [1.165, 1.54) is 12.1 Å². The number of isocyanates is 1. The summed E-state index contributed by atoms with van der Waals surface area (Å²) in [7, 11) is -2.69. The van der Waals surface area contributed by atoms with E-state index < -0.39 is 10.7 Å². The standard InChI is InChI=1S/C11H7NO3S/c13-7-12-11-6-9(16(14)15)5-8-3-1-2-4-10(8)11/h1-6,16H. The quantitative estimate of drug-likeness (QED) is 0.488. The summed E-state index contributed by atoms with van der Waals surface area (Å²) in [6, 6.07) is 10.0. The van der Waals surface area contributed by atoms with Crippen LogP contribution in [0.4, 0.5) is 5.69 Å². The fourth-order valence-electron chi connectivity index (χ4n) is 1.52. The van der Waals surface area contributed by atoms with Crippen LogP contribution in [0.1, 0.15) is 0 Å². The highest BCUT2D eigenvalue weighted by Gasteiger charge is 2.04. The summed E-state index contributed by atoms with van der Waals surface area (Å²) in [5, 5.41) is 1.46. The van der Waals surface area contributed by atoms with Crippen molar-refractivity contribution in [2.24, 2.45) is 4.99 Å². The third kappa shape index (κ3) is 1.86. The Morgan fingerprint density at radius 3 is 2.56 bits per heavy atom. The van der Waals surface area contributed by atoms with Gasteiger partial charge in [0.25, 0.3) is 0 Å². The van der Waals surface area contributed by atoms with Crippen LogP contribution in [0.25, 0.3) is 10.8 Å².